The average molecular weight is 291 g/mol. The van der Waals surface area contributed by atoms with E-state index in [2.05, 4.69) is 4.74 Å². The third-order valence-electron chi connectivity index (χ3n) is 2.41. The minimum absolute atomic E-state index is 0.0585. The number of hydrogen-bond donors (Lipinski definition) is 1. The van der Waals surface area contributed by atoms with Gasteiger partial charge < -0.3 is 15.2 Å². The predicted molar refractivity (Wildman–Crippen MR) is 65.7 cm³/mol. The standard InChI is InChI=1S/C13H16F3NO3/c1-2-20-12(18)11(17)8-19-7-9-4-3-5-10(6-9)13(14,15)16/h3-6,11H,2,7-8,17H2,1H3/t11-/m0/s1. The predicted octanol–water partition coefficient (Wildman–Crippen LogP) is 2.11. The van der Waals surface area contributed by atoms with Gasteiger partial charge in [-0.05, 0) is 24.6 Å². The van der Waals surface area contributed by atoms with Gasteiger partial charge in [-0.2, -0.15) is 13.2 Å². The van der Waals surface area contributed by atoms with Gasteiger partial charge >= 0.3 is 12.1 Å². The Morgan fingerprint density at radius 1 is 1.40 bits per heavy atom. The fourth-order valence-electron chi connectivity index (χ4n) is 1.46. The maximum atomic E-state index is 12.5. The van der Waals surface area contributed by atoms with E-state index in [1.54, 1.807) is 6.92 Å². The smallest absolute Gasteiger partial charge is 0.416 e. The number of halogens is 3. The fourth-order valence-corrected chi connectivity index (χ4v) is 1.46. The zero-order chi connectivity index (χ0) is 15.2. The third-order valence-corrected chi connectivity index (χ3v) is 2.41. The van der Waals surface area contributed by atoms with E-state index in [4.69, 9.17) is 10.5 Å². The molecular formula is C13H16F3NO3. The van der Waals surface area contributed by atoms with Crippen molar-refractivity contribution in [2.45, 2.75) is 25.7 Å². The Kier molecular flexibility index (Phi) is 5.97. The highest BCUT2D eigenvalue weighted by Crippen LogP contribution is 2.29. The molecule has 1 aromatic carbocycles. The molecule has 0 aliphatic rings. The lowest BCUT2D eigenvalue weighted by Crippen LogP contribution is -2.36. The maximum Gasteiger partial charge on any atom is 0.416 e. The van der Waals surface area contributed by atoms with Crippen LogP contribution in [0.5, 0.6) is 0 Å². The van der Waals surface area contributed by atoms with Crippen LogP contribution in [0, 0.1) is 0 Å². The van der Waals surface area contributed by atoms with Gasteiger partial charge in [0.05, 0.1) is 25.4 Å². The Bertz CT molecular complexity index is 449. The second-order valence-corrected chi connectivity index (χ2v) is 4.07. The Labute approximate surface area is 114 Å². The van der Waals surface area contributed by atoms with Gasteiger partial charge in [0, 0.05) is 0 Å². The summed E-state index contributed by atoms with van der Waals surface area (Å²) in [6.07, 6.45) is -4.39. The molecule has 0 aliphatic heterocycles. The number of alkyl halides is 3. The molecule has 20 heavy (non-hydrogen) atoms. The van der Waals surface area contributed by atoms with Crippen molar-refractivity contribution in [3.05, 3.63) is 35.4 Å². The number of carbonyl (C=O) groups is 1. The first-order valence-corrected chi connectivity index (χ1v) is 6.00. The summed E-state index contributed by atoms with van der Waals surface area (Å²) in [5, 5.41) is 0. The van der Waals surface area contributed by atoms with E-state index >= 15 is 0 Å². The quantitative estimate of drug-likeness (QED) is 0.815. The topological polar surface area (TPSA) is 61.5 Å². The lowest BCUT2D eigenvalue weighted by atomic mass is 10.1. The molecule has 0 saturated heterocycles. The molecule has 0 aliphatic carbocycles. The number of benzene rings is 1. The largest absolute Gasteiger partial charge is 0.465 e. The molecule has 1 rings (SSSR count). The molecule has 1 atom stereocenters. The minimum atomic E-state index is -4.39. The van der Waals surface area contributed by atoms with Gasteiger partial charge in [-0.1, -0.05) is 12.1 Å². The third kappa shape index (κ3) is 5.18. The number of hydrogen-bond acceptors (Lipinski definition) is 4. The monoisotopic (exact) mass is 291 g/mol. The average Bonchev–Trinajstić information content (AvgIpc) is 2.38. The van der Waals surface area contributed by atoms with Gasteiger partial charge in [0.2, 0.25) is 0 Å². The highest BCUT2D eigenvalue weighted by Gasteiger charge is 2.30. The van der Waals surface area contributed by atoms with Gasteiger partial charge in [-0.3, -0.25) is 4.79 Å². The number of ether oxygens (including phenoxy) is 2. The number of esters is 1. The Balaban J connectivity index is 2.48. The highest BCUT2D eigenvalue weighted by molar-refractivity contribution is 5.75. The molecule has 0 amide bonds. The summed E-state index contributed by atoms with van der Waals surface area (Å²) in [5.41, 5.74) is 5.10. The van der Waals surface area contributed by atoms with Crippen LogP contribution in [0.15, 0.2) is 24.3 Å². The molecular weight excluding hydrogens is 275 g/mol. The zero-order valence-electron chi connectivity index (χ0n) is 10.9. The van der Waals surface area contributed by atoms with E-state index < -0.39 is 23.8 Å². The lowest BCUT2D eigenvalue weighted by molar-refractivity contribution is -0.146. The summed E-state index contributed by atoms with van der Waals surface area (Å²) in [5.74, 6) is -0.600. The summed E-state index contributed by atoms with van der Waals surface area (Å²) in [4.78, 5) is 11.2. The molecule has 0 radical (unpaired) electrons. The van der Waals surface area contributed by atoms with Gasteiger partial charge in [0.25, 0.3) is 0 Å². The van der Waals surface area contributed by atoms with Crippen molar-refractivity contribution < 1.29 is 27.4 Å². The fraction of sp³-hybridized carbons (Fsp3) is 0.462. The van der Waals surface area contributed by atoms with Crippen LogP contribution in [-0.2, 0) is 27.1 Å². The Morgan fingerprint density at radius 2 is 2.10 bits per heavy atom. The molecule has 112 valence electrons. The summed E-state index contributed by atoms with van der Waals surface area (Å²) in [7, 11) is 0. The molecule has 4 nitrogen and oxygen atoms in total. The van der Waals surface area contributed by atoms with E-state index in [9.17, 15) is 18.0 Å². The molecule has 0 fully saturated rings. The number of nitrogens with two attached hydrogens (primary N) is 1. The highest BCUT2D eigenvalue weighted by atomic mass is 19.4. The first-order valence-electron chi connectivity index (χ1n) is 6.00. The SMILES string of the molecule is CCOC(=O)[C@@H](N)COCc1cccc(C(F)(F)F)c1. The van der Waals surface area contributed by atoms with E-state index in [0.717, 1.165) is 12.1 Å². The lowest BCUT2D eigenvalue weighted by Gasteiger charge is -2.12. The van der Waals surface area contributed by atoms with Crippen molar-refractivity contribution in [3.8, 4) is 0 Å². The van der Waals surface area contributed by atoms with E-state index in [-0.39, 0.29) is 19.8 Å². The van der Waals surface area contributed by atoms with Crippen molar-refractivity contribution in [3.63, 3.8) is 0 Å². The first-order chi connectivity index (χ1) is 9.34. The van der Waals surface area contributed by atoms with Crippen molar-refractivity contribution >= 4 is 5.97 Å². The Morgan fingerprint density at radius 3 is 2.70 bits per heavy atom. The maximum absolute atomic E-state index is 12.5. The van der Waals surface area contributed by atoms with Gasteiger partial charge in [0.15, 0.2) is 0 Å². The van der Waals surface area contributed by atoms with Crippen LogP contribution in [0.3, 0.4) is 0 Å². The van der Waals surface area contributed by atoms with Crippen molar-refractivity contribution in [2.24, 2.45) is 5.73 Å². The number of carbonyl (C=O) groups excluding carboxylic acids is 1. The van der Waals surface area contributed by atoms with Crippen LogP contribution in [0.1, 0.15) is 18.1 Å². The second-order valence-electron chi connectivity index (χ2n) is 4.07. The molecule has 0 spiro atoms. The molecule has 2 N–H and O–H groups in total. The van der Waals surface area contributed by atoms with Crippen LogP contribution < -0.4 is 5.73 Å². The molecule has 0 aromatic heterocycles. The van der Waals surface area contributed by atoms with Gasteiger partial charge in [-0.25, -0.2) is 0 Å². The van der Waals surface area contributed by atoms with Crippen molar-refractivity contribution in [2.75, 3.05) is 13.2 Å². The summed E-state index contributed by atoms with van der Waals surface area (Å²) in [6, 6.07) is 3.84. The molecule has 7 heteroatoms. The van der Waals surface area contributed by atoms with Crippen LogP contribution in [-0.4, -0.2) is 25.2 Å². The molecule has 0 bridgehead atoms. The second kappa shape index (κ2) is 7.25. The van der Waals surface area contributed by atoms with Crippen LogP contribution in [0.4, 0.5) is 13.2 Å². The van der Waals surface area contributed by atoms with Crippen LogP contribution in [0.25, 0.3) is 0 Å². The van der Waals surface area contributed by atoms with Gasteiger partial charge in [0.1, 0.15) is 6.04 Å². The van der Waals surface area contributed by atoms with Crippen molar-refractivity contribution in [1.82, 2.24) is 0 Å². The van der Waals surface area contributed by atoms with E-state index in [0.29, 0.717) is 5.56 Å². The first kappa shape index (κ1) is 16.5. The van der Waals surface area contributed by atoms with Gasteiger partial charge in [-0.15, -0.1) is 0 Å². The number of rotatable bonds is 6. The summed E-state index contributed by atoms with van der Waals surface area (Å²) >= 11 is 0. The molecule has 0 heterocycles. The molecule has 1 aromatic rings. The van der Waals surface area contributed by atoms with E-state index in [1.807, 2.05) is 0 Å². The van der Waals surface area contributed by atoms with E-state index in [1.165, 1.54) is 12.1 Å². The summed E-state index contributed by atoms with van der Waals surface area (Å²) in [6.45, 7) is 1.68. The van der Waals surface area contributed by atoms with Crippen LogP contribution in [0.2, 0.25) is 0 Å². The zero-order valence-corrected chi connectivity index (χ0v) is 10.9. The Hall–Kier alpha value is -1.60. The summed E-state index contributed by atoms with van der Waals surface area (Å²) < 4.78 is 47.3. The minimum Gasteiger partial charge on any atom is -0.465 e. The van der Waals surface area contributed by atoms with Crippen molar-refractivity contribution in [1.29, 1.82) is 0 Å². The normalized spacial score (nSPS) is 13.1. The molecule has 0 unspecified atom stereocenters. The molecule has 0 saturated carbocycles. The van der Waals surface area contributed by atoms with Crippen LogP contribution >= 0.6 is 0 Å².